The van der Waals surface area contributed by atoms with Crippen molar-refractivity contribution in [3.8, 4) is 5.75 Å². The fourth-order valence-corrected chi connectivity index (χ4v) is 2.33. The molecule has 0 spiro atoms. The molecule has 23 heavy (non-hydrogen) atoms. The maximum Gasteiger partial charge on any atom is 0.510 e. The Balaban J connectivity index is 1.49. The zero-order valence-corrected chi connectivity index (χ0v) is 14.1. The summed E-state index contributed by atoms with van der Waals surface area (Å²) in [6, 6.07) is 7.36. The Labute approximate surface area is 141 Å². The molecule has 1 unspecified atom stereocenters. The van der Waals surface area contributed by atoms with Crippen molar-refractivity contribution in [1.82, 2.24) is 0 Å². The van der Waals surface area contributed by atoms with Crippen LogP contribution < -0.4 is 4.74 Å². The van der Waals surface area contributed by atoms with Crippen LogP contribution in [0.2, 0.25) is 5.02 Å². The van der Waals surface area contributed by atoms with Gasteiger partial charge in [0.25, 0.3) is 0 Å². The Morgan fingerprint density at radius 2 is 1.91 bits per heavy atom. The van der Waals surface area contributed by atoms with Crippen molar-refractivity contribution in [1.29, 1.82) is 0 Å². The summed E-state index contributed by atoms with van der Waals surface area (Å²) in [5.41, 5.74) is 0. The summed E-state index contributed by atoms with van der Waals surface area (Å²) in [6.07, 6.45) is 4.09. The molecule has 1 aromatic carbocycles. The number of epoxide rings is 1. The highest BCUT2D eigenvalue weighted by Gasteiger charge is 2.49. The van der Waals surface area contributed by atoms with Crippen molar-refractivity contribution in [2.24, 2.45) is 0 Å². The number of benzene rings is 1. The second kappa shape index (κ2) is 8.99. The molecule has 1 aliphatic rings. The lowest BCUT2D eigenvalue weighted by Crippen LogP contribution is -2.22. The van der Waals surface area contributed by atoms with E-state index < -0.39 is 11.9 Å². The molecule has 0 amide bonds. The van der Waals surface area contributed by atoms with Crippen molar-refractivity contribution in [3.63, 3.8) is 0 Å². The summed E-state index contributed by atoms with van der Waals surface area (Å²) in [5.74, 6) is 0.106. The molecule has 1 heterocycles. The van der Waals surface area contributed by atoms with Gasteiger partial charge in [-0.1, -0.05) is 24.4 Å². The molecule has 0 aliphatic carbocycles. The minimum atomic E-state index is -0.730. The van der Waals surface area contributed by atoms with Gasteiger partial charge >= 0.3 is 6.16 Å². The number of rotatable bonds is 10. The molecule has 1 aliphatic heterocycles. The average molecular weight is 343 g/mol. The Morgan fingerprint density at radius 1 is 1.22 bits per heavy atom. The molecule has 0 N–H and O–H groups in total. The predicted molar refractivity (Wildman–Crippen MR) is 86.8 cm³/mol. The Hall–Kier alpha value is -1.46. The third-order valence-corrected chi connectivity index (χ3v) is 3.78. The van der Waals surface area contributed by atoms with Crippen LogP contribution in [0.5, 0.6) is 5.75 Å². The van der Waals surface area contributed by atoms with Crippen molar-refractivity contribution >= 4 is 17.8 Å². The predicted octanol–water partition coefficient (Wildman–Crippen LogP) is 4.57. The molecule has 0 saturated carbocycles. The second-order valence-electron chi connectivity index (χ2n) is 5.45. The monoisotopic (exact) mass is 342 g/mol. The SMILES string of the molecule is CCOC(=O)OC1(CCCCCCOc2ccc(Cl)cc2)CO1. The molecule has 2 rings (SSSR count). The van der Waals surface area contributed by atoms with Gasteiger partial charge in [0.15, 0.2) is 0 Å². The van der Waals surface area contributed by atoms with Crippen LogP contribution in [0.1, 0.15) is 39.0 Å². The fraction of sp³-hybridized carbons (Fsp3) is 0.588. The number of hydrogen-bond donors (Lipinski definition) is 0. The Morgan fingerprint density at radius 3 is 2.57 bits per heavy atom. The molecule has 1 atom stereocenters. The summed E-state index contributed by atoms with van der Waals surface area (Å²) in [4.78, 5) is 11.3. The third kappa shape index (κ3) is 6.67. The summed E-state index contributed by atoms with van der Waals surface area (Å²) in [5, 5.41) is 0.707. The van der Waals surface area contributed by atoms with Crippen LogP contribution in [-0.4, -0.2) is 31.8 Å². The lowest BCUT2D eigenvalue weighted by molar-refractivity contribution is -0.0381. The van der Waals surface area contributed by atoms with Crippen LogP contribution in [0.3, 0.4) is 0 Å². The summed E-state index contributed by atoms with van der Waals surface area (Å²) in [7, 11) is 0. The summed E-state index contributed by atoms with van der Waals surface area (Å²) in [6.45, 7) is 3.20. The van der Waals surface area contributed by atoms with Gasteiger partial charge in [0.1, 0.15) is 12.4 Å². The van der Waals surface area contributed by atoms with Crippen LogP contribution >= 0.6 is 11.6 Å². The van der Waals surface area contributed by atoms with Gasteiger partial charge in [-0.15, -0.1) is 0 Å². The van der Waals surface area contributed by atoms with Crippen molar-refractivity contribution < 1.29 is 23.7 Å². The maximum absolute atomic E-state index is 11.3. The first-order valence-corrected chi connectivity index (χ1v) is 8.39. The molecule has 1 saturated heterocycles. The first kappa shape index (κ1) is 17.9. The lowest BCUT2D eigenvalue weighted by atomic mass is 10.1. The molecular formula is C17H23ClO5. The first-order chi connectivity index (χ1) is 11.1. The molecule has 6 heteroatoms. The van der Waals surface area contributed by atoms with Crippen molar-refractivity contribution in [3.05, 3.63) is 29.3 Å². The highest BCUT2D eigenvalue weighted by atomic mass is 35.5. The van der Waals surface area contributed by atoms with Crippen LogP contribution in [0.25, 0.3) is 0 Å². The van der Waals surface area contributed by atoms with E-state index in [9.17, 15) is 4.79 Å². The molecule has 5 nitrogen and oxygen atoms in total. The topological polar surface area (TPSA) is 57.3 Å². The van der Waals surface area contributed by atoms with E-state index in [4.69, 9.17) is 30.5 Å². The fourth-order valence-electron chi connectivity index (χ4n) is 2.20. The molecule has 1 fully saturated rings. The van der Waals surface area contributed by atoms with Crippen molar-refractivity contribution in [2.45, 2.75) is 44.8 Å². The Bertz CT molecular complexity index is 484. The van der Waals surface area contributed by atoms with E-state index in [0.717, 1.165) is 31.4 Å². The van der Waals surface area contributed by atoms with E-state index in [1.54, 1.807) is 6.92 Å². The maximum atomic E-state index is 11.3. The van der Waals surface area contributed by atoms with Gasteiger partial charge in [-0.25, -0.2) is 4.79 Å². The van der Waals surface area contributed by atoms with Gasteiger partial charge in [-0.2, -0.15) is 0 Å². The molecular weight excluding hydrogens is 320 g/mol. The highest BCUT2D eigenvalue weighted by Crippen LogP contribution is 2.34. The molecule has 0 radical (unpaired) electrons. The van der Waals surface area contributed by atoms with E-state index in [0.29, 0.717) is 31.3 Å². The highest BCUT2D eigenvalue weighted by molar-refractivity contribution is 6.30. The zero-order chi connectivity index (χ0) is 16.5. The molecule has 1 aromatic rings. The van der Waals surface area contributed by atoms with Gasteiger partial charge in [0, 0.05) is 11.4 Å². The minimum absolute atomic E-state index is 0.308. The number of hydrogen-bond acceptors (Lipinski definition) is 5. The molecule has 128 valence electrons. The summed E-state index contributed by atoms with van der Waals surface area (Å²) < 4.78 is 20.8. The van der Waals surface area contributed by atoms with E-state index in [-0.39, 0.29) is 0 Å². The van der Waals surface area contributed by atoms with Crippen LogP contribution in [0, 0.1) is 0 Å². The first-order valence-electron chi connectivity index (χ1n) is 8.02. The smallest absolute Gasteiger partial charge is 0.494 e. The Kier molecular flexibility index (Phi) is 6.99. The van der Waals surface area contributed by atoms with Gasteiger partial charge in [-0.3, -0.25) is 0 Å². The molecule has 0 aromatic heterocycles. The number of unbranched alkanes of at least 4 members (excludes halogenated alkanes) is 3. The number of ether oxygens (including phenoxy) is 4. The van der Waals surface area contributed by atoms with E-state index in [1.807, 2.05) is 24.3 Å². The number of halogens is 1. The largest absolute Gasteiger partial charge is 0.510 e. The number of carbonyl (C=O) groups excluding carboxylic acids is 1. The standard InChI is InChI=1S/C17H23ClO5/c1-2-20-16(19)23-17(13-22-17)11-5-3-4-6-12-21-15-9-7-14(18)8-10-15/h7-10H,2-6,11-13H2,1H3. The normalized spacial score (nSPS) is 19.2. The minimum Gasteiger partial charge on any atom is -0.494 e. The van der Waals surface area contributed by atoms with E-state index in [2.05, 4.69) is 0 Å². The lowest BCUT2D eigenvalue weighted by Gasteiger charge is -2.12. The van der Waals surface area contributed by atoms with Crippen LogP contribution in [-0.2, 0) is 14.2 Å². The van der Waals surface area contributed by atoms with Crippen LogP contribution in [0.15, 0.2) is 24.3 Å². The number of carbonyl (C=O) groups is 1. The third-order valence-electron chi connectivity index (χ3n) is 3.53. The molecule has 0 bridgehead atoms. The zero-order valence-electron chi connectivity index (χ0n) is 13.4. The average Bonchev–Trinajstić information content (AvgIpc) is 3.28. The van der Waals surface area contributed by atoms with Crippen LogP contribution in [0.4, 0.5) is 4.79 Å². The van der Waals surface area contributed by atoms with Gasteiger partial charge in [0.2, 0.25) is 5.79 Å². The van der Waals surface area contributed by atoms with Crippen molar-refractivity contribution in [2.75, 3.05) is 19.8 Å². The van der Waals surface area contributed by atoms with E-state index >= 15 is 0 Å². The van der Waals surface area contributed by atoms with Gasteiger partial charge in [-0.05, 0) is 44.0 Å². The second-order valence-corrected chi connectivity index (χ2v) is 5.89. The van der Waals surface area contributed by atoms with Gasteiger partial charge in [0.05, 0.1) is 13.2 Å². The summed E-state index contributed by atoms with van der Waals surface area (Å²) >= 11 is 5.82. The van der Waals surface area contributed by atoms with E-state index in [1.165, 1.54) is 0 Å². The quantitative estimate of drug-likeness (QED) is 0.354. The van der Waals surface area contributed by atoms with Gasteiger partial charge < -0.3 is 18.9 Å².